The van der Waals surface area contributed by atoms with Gasteiger partial charge in [-0.3, -0.25) is 4.79 Å². The number of benzene rings is 2. The van der Waals surface area contributed by atoms with E-state index in [4.69, 9.17) is 9.47 Å². The number of carbonyl (C=O) groups is 1. The van der Waals surface area contributed by atoms with Gasteiger partial charge in [0.2, 0.25) is 26.0 Å². The molecule has 12 heteroatoms. The Bertz CT molecular complexity index is 1180. The molecular weight excluding hydrogens is 470 g/mol. The Balaban J connectivity index is 1.46. The highest BCUT2D eigenvalue weighted by Crippen LogP contribution is 2.31. The van der Waals surface area contributed by atoms with Crippen LogP contribution in [0.2, 0.25) is 0 Å². The van der Waals surface area contributed by atoms with Crippen molar-refractivity contribution in [3.63, 3.8) is 0 Å². The fourth-order valence-corrected chi connectivity index (χ4v) is 4.85. The van der Waals surface area contributed by atoms with E-state index in [9.17, 15) is 21.6 Å². The monoisotopic (exact) mass is 497 g/mol. The molecule has 2 aromatic carbocycles. The molecule has 2 aromatic rings. The van der Waals surface area contributed by atoms with Gasteiger partial charge in [-0.1, -0.05) is 24.3 Å². The average Bonchev–Trinajstić information content (AvgIpc) is 3.03. The van der Waals surface area contributed by atoms with Gasteiger partial charge in [-0.05, 0) is 30.3 Å². The Hall–Kier alpha value is -2.67. The van der Waals surface area contributed by atoms with Crippen molar-refractivity contribution in [3.8, 4) is 11.5 Å². The molecule has 0 bridgehead atoms. The van der Waals surface area contributed by atoms with Crippen LogP contribution in [0.15, 0.2) is 47.4 Å². The van der Waals surface area contributed by atoms with Gasteiger partial charge < -0.3 is 14.8 Å². The molecule has 1 amide bonds. The summed E-state index contributed by atoms with van der Waals surface area (Å²) >= 11 is 0. The molecule has 1 heterocycles. The van der Waals surface area contributed by atoms with Crippen molar-refractivity contribution >= 4 is 26.0 Å². The second-order valence-electron chi connectivity index (χ2n) is 7.36. The normalized spacial score (nSPS) is 13.8. The zero-order chi connectivity index (χ0) is 23.9. The van der Waals surface area contributed by atoms with Crippen LogP contribution in [0, 0.1) is 0 Å². The van der Waals surface area contributed by atoms with E-state index >= 15 is 0 Å². The number of ether oxygens (including phenoxy) is 2. The number of sulfonamides is 2. The lowest BCUT2D eigenvalue weighted by Crippen LogP contribution is -2.30. The lowest BCUT2D eigenvalue weighted by atomic mass is 10.1. The van der Waals surface area contributed by atoms with Crippen LogP contribution >= 0.6 is 0 Å². The Kier molecular flexibility index (Phi) is 8.30. The van der Waals surface area contributed by atoms with Crippen LogP contribution in [0.5, 0.6) is 11.5 Å². The molecule has 0 saturated heterocycles. The first-order chi connectivity index (χ1) is 15.7. The molecule has 1 aliphatic heterocycles. The summed E-state index contributed by atoms with van der Waals surface area (Å²) in [5.41, 5.74) is 1.42. The van der Waals surface area contributed by atoms with Crippen molar-refractivity contribution in [3.05, 3.63) is 53.6 Å². The molecule has 0 spiro atoms. The summed E-state index contributed by atoms with van der Waals surface area (Å²) in [5, 5.41) is 2.71. The van der Waals surface area contributed by atoms with Crippen LogP contribution in [0.3, 0.4) is 0 Å². The van der Waals surface area contributed by atoms with Gasteiger partial charge in [0, 0.05) is 32.0 Å². The highest BCUT2D eigenvalue weighted by atomic mass is 32.2. The number of amides is 1. The molecule has 33 heavy (non-hydrogen) atoms. The Morgan fingerprint density at radius 3 is 2.30 bits per heavy atom. The van der Waals surface area contributed by atoms with Crippen LogP contribution in [0.25, 0.3) is 0 Å². The maximum absolute atomic E-state index is 12.5. The molecule has 0 radical (unpaired) electrons. The number of nitrogens with one attached hydrogen (secondary N) is 3. The molecule has 3 N–H and O–H groups in total. The largest absolute Gasteiger partial charge is 0.490 e. The smallest absolute Gasteiger partial charge is 0.240 e. The third-order valence-electron chi connectivity index (χ3n) is 4.85. The summed E-state index contributed by atoms with van der Waals surface area (Å²) in [6, 6.07) is 11.2. The van der Waals surface area contributed by atoms with Crippen LogP contribution in [-0.4, -0.2) is 49.5 Å². The third kappa shape index (κ3) is 7.42. The van der Waals surface area contributed by atoms with Crippen LogP contribution in [0.4, 0.5) is 0 Å². The molecule has 0 aromatic heterocycles. The van der Waals surface area contributed by atoms with Crippen molar-refractivity contribution in [1.82, 2.24) is 14.8 Å². The minimum absolute atomic E-state index is 0.0348. The van der Waals surface area contributed by atoms with Gasteiger partial charge >= 0.3 is 0 Å². The van der Waals surface area contributed by atoms with Gasteiger partial charge in [-0.15, -0.1) is 0 Å². The van der Waals surface area contributed by atoms with E-state index < -0.39 is 20.0 Å². The molecular formula is C21H27N3O7S2. The molecule has 0 atom stereocenters. The van der Waals surface area contributed by atoms with E-state index in [1.807, 2.05) is 0 Å². The summed E-state index contributed by atoms with van der Waals surface area (Å²) in [6.07, 6.45) is 0.675. The van der Waals surface area contributed by atoms with Gasteiger partial charge in [-0.25, -0.2) is 26.3 Å². The maximum atomic E-state index is 12.5. The predicted octanol–water partition coefficient (Wildman–Crippen LogP) is 0.882. The number of hydrogen-bond acceptors (Lipinski definition) is 7. The number of rotatable bonds is 10. The Morgan fingerprint density at radius 2 is 1.61 bits per heavy atom. The minimum atomic E-state index is -3.81. The summed E-state index contributed by atoms with van der Waals surface area (Å²) in [4.78, 5) is 12.1. The predicted molar refractivity (Wildman–Crippen MR) is 122 cm³/mol. The first-order valence-electron chi connectivity index (χ1n) is 10.3. The van der Waals surface area contributed by atoms with Crippen LogP contribution in [0.1, 0.15) is 24.0 Å². The van der Waals surface area contributed by atoms with E-state index in [-0.39, 0.29) is 36.1 Å². The summed E-state index contributed by atoms with van der Waals surface area (Å²) in [5.74, 6) is 0.433. The number of hydrogen-bond donors (Lipinski definition) is 3. The fourth-order valence-electron chi connectivity index (χ4n) is 3.03. The molecule has 0 unspecified atom stereocenters. The minimum Gasteiger partial charge on any atom is -0.490 e. The average molecular weight is 498 g/mol. The van der Waals surface area contributed by atoms with Gasteiger partial charge in [-0.2, -0.15) is 0 Å². The Labute approximate surface area is 193 Å². The van der Waals surface area contributed by atoms with Crippen molar-refractivity contribution < 1.29 is 31.1 Å². The fraction of sp³-hybridized carbons (Fsp3) is 0.381. The molecule has 0 aliphatic carbocycles. The van der Waals surface area contributed by atoms with Gasteiger partial charge in [0.05, 0.1) is 23.9 Å². The summed E-state index contributed by atoms with van der Waals surface area (Å²) < 4.78 is 63.9. The first-order valence-corrected chi connectivity index (χ1v) is 13.5. The zero-order valence-electron chi connectivity index (χ0n) is 18.2. The molecule has 10 nitrogen and oxygen atoms in total. The number of fused-ring (bicyclic) bond motifs is 1. The van der Waals surface area contributed by atoms with E-state index in [2.05, 4.69) is 14.8 Å². The highest BCUT2D eigenvalue weighted by Gasteiger charge is 2.19. The molecule has 3 rings (SSSR count). The second kappa shape index (κ2) is 11.0. The lowest BCUT2D eigenvalue weighted by molar-refractivity contribution is -0.121. The first kappa shape index (κ1) is 25.0. The van der Waals surface area contributed by atoms with E-state index in [1.54, 1.807) is 30.3 Å². The van der Waals surface area contributed by atoms with Crippen LogP contribution < -0.4 is 24.2 Å². The maximum Gasteiger partial charge on any atom is 0.240 e. The Morgan fingerprint density at radius 1 is 0.939 bits per heavy atom. The second-order valence-corrected chi connectivity index (χ2v) is 11.1. The standard InChI is InChI=1S/C21H27N3O7S2/c1-22-32(26,27)15-17-5-3-16(4-6-17)14-23-21(25)9-10-24-33(28,29)18-7-8-19-20(13-18)31-12-2-11-30-19/h3-8,13,22,24H,2,9-12,14-15H2,1H3,(H,23,25). The number of carbonyl (C=O) groups excluding carboxylic acids is 1. The lowest BCUT2D eigenvalue weighted by Gasteiger charge is -2.11. The quantitative estimate of drug-likeness (QED) is 0.443. The van der Waals surface area contributed by atoms with Gasteiger partial charge in [0.25, 0.3) is 0 Å². The summed E-state index contributed by atoms with van der Waals surface area (Å²) in [6.45, 7) is 1.13. The highest BCUT2D eigenvalue weighted by molar-refractivity contribution is 7.89. The van der Waals surface area contributed by atoms with Crippen molar-refractivity contribution in [1.29, 1.82) is 0 Å². The van der Waals surface area contributed by atoms with Gasteiger partial charge in [0.1, 0.15) is 0 Å². The molecule has 180 valence electrons. The molecule has 1 aliphatic rings. The molecule has 0 saturated carbocycles. The van der Waals surface area contributed by atoms with E-state index in [0.717, 1.165) is 5.56 Å². The third-order valence-corrected chi connectivity index (χ3v) is 7.65. The van der Waals surface area contributed by atoms with Crippen LogP contribution in [-0.2, 0) is 37.1 Å². The topological polar surface area (TPSA) is 140 Å². The molecule has 0 fully saturated rings. The summed E-state index contributed by atoms with van der Waals surface area (Å²) in [7, 11) is -5.80. The van der Waals surface area contributed by atoms with Gasteiger partial charge in [0.15, 0.2) is 11.5 Å². The van der Waals surface area contributed by atoms with Crippen molar-refractivity contribution in [2.75, 3.05) is 26.8 Å². The van der Waals surface area contributed by atoms with E-state index in [0.29, 0.717) is 36.7 Å². The van der Waals surface area contributed by atoms with Crippen molar-refractivity contribution in [2.24, 2.45) is 0 Å². The van der Waals surface area contributed by atoms with E-state index in [1.165, 1.54) is 19.2 Å². The van der Waals surface area contributed by atoms with Crippen molar-refractivity contribution in [2.45, 2.75) is 30.0 Å². The zero-order valence-corrected chi connectivity index (χ0v) is 19.8. The SMILES string of the molecule is CNS(=O)(=O)Cc1ccc(CNC(=O)CCNS(=O)(=O)c2ccc3c(c2)OCCCO3)cc1.